The van der Waals surface area contributed by atoms with Crippen LogP contribution in [0.2, 0.25) is 0 Å². The maximum absolute atomic E-state index is 12.7. The second-order valence-electron chi connectivity index (χ2n) is 6.74. The Morgan fingerprint density at radius 1 is 1.30 bits per heavy atom. The largest absolute Gasteiger partial charge is 0.381 e. The van der Waals surface area contributed by atoms with Crippen LogP contribution in [-0.4, -0.2) is 49.4 Å². The van der Waals surface area contributed by atoms with Crippen LogP contribution in [0.1, 0.15) is 28.2 Å². The summed E-state index contributed by atoms with van der Waals surface area (Å²) in [6, 6.07) is 11.8. The second-order valence-corrected chi connectivity index (χ2v) is 6.74. The van der Waals surface area contributed by atoms with E-state index in [1.165, 1.54) is 0 Å². The molecule has 0 spiro atoms. The van der Waals surface area contributed by atoms with Crippen LogP contribution in [0, 0.1) is 5.92 Å². The molecule has 0 N–H and O–H groups in total. The van der Waals surface area contributed by atoms with Crippen molar-refractivity contribution >= 4 is 5.91 Å². The van der Waals surface area contributed by atoms with Crippen molar-refractivity contribution in [2.75, 3.05) is 33.9 Å². The Kier molecular flexibility index (Phi) is 4.59. The van der Waals surface area contributed by atoms with Crippen LogP contribution in [-0.2, 0) is 11.2 Å². The van der Waals surface area contributed by atoms with Crippen LogP contribution in [0.15, 0.2) is 40.9 Å². The van der Waals surface area contributed by atoms with Gasteiger partial charge in [-0.2, -0.15) is 0 Å². The first-order chi connectivity index (χ1) is 11.0. The minimum Gasteiger partial charge on any atom is -0.381 e. The topological polar surface area (TPSA) is 52.3 Å². The van der Waals surface area contributed by atoms with Gasteiger partial charge in [0, 0.05) is 25.0 Å². The van der Waals surface area contributed by atoms with Crippen molar-refractivity contribution in [3.8, 4) is 0 Å². The van der Waals surface area contributed by atoms with Crippen molar-refractivity contribution in [1.29, 1.82) is 0 Å². The summed E-state index contributed by atoms with van der Waals surface area (Å²) >= 11 is 0. The summed E-state index contributed by atoms with van der Waals surface area (Å²) in [6.45, 7) is 2.30. The molecular weight excluding hydrogens is 292 g/mol. The number of hydrogen-bond donors (Lipinski definition) is 0. The average molecular weight is 315 g/mol. The number of nitrogens with zero attached hydrogens (tertiary/aromatic N) is 2. The lowest BCUT2D eigenvalue weighted by Gasteiger charge is -2.28. The Morgan fingerprint density at radius 3 is 2.78 bits per heavy atom. The van der Waals surface area contributed by atoms with Gasteiger partial charge in [-0.25, -0.2) is 4.79 Å². The number of amides is 1. The summed E-state index contributed by atoms with van der Waals surface area (Å²) in [5, 5.41) is 3.98. The molecule has 5 heteroatoms. The number of quaternary nitrogens is 1. The van der Waals surface area contributed by atoms with Gasteiger partial charge >= 0.3 is 5.91 Å². The molecule has 1 amide bonds. The van der Waals surface area contributed by atoms with Gasteiger partial charge < -0.3 is 9.26 Å². The first kappa shape index (κ1) is 15.9. The van der Waals surface area contributed by atoms with Crippen molar-refractivity contribution in [3.05, 3.63) is 53.4 Å². The van der Waals surface area contributed by atoms with Crippen LogP contribution in [0.3, 0.4) is 0 Å². The van der Waals surface area contributed by atoms with Crippen molar-refractivity contribution in [1.82, 2.24) is 5.16 Å². The molecule has 0 radical (unpaired) electrons. The molecule has 0 saturated carbocycles. The molecule has 122 valence electrons. The minimum atomic E-state index is -0.0139. The smallest absolute Gasteiger partial charge is 0.367 e. The van der Waals surface area contributed by atoms with E-state index in [1.807, 2.05) is 44.4 Å². The van der Waals surface area contributed by atoms with Gasteiger partial charge in [-0.15, -0.1) is 0 Å². The van der Waals surface area contributed by atoms with Crippen LogP contribution in [0.5, 0.6) is 0 Å². The molecule has 3 rings (SSSR count). The number of rotatable bonds is 5. The van der Waals surface area contributed by atoms with Crippen molar-refractivity contribution in [2.24, 2.45) is 5.92 Å². The minimum absolute atomic E-state index is 0.0139. The summed E-state index contributed by atoms with van der Waals surface area (Å²) in [5.74, 6) is 1.13. The van der Waals surface area contributed by atoms with E-state index in [0.29, 0.717) is 23.8 Å². The molecule has 1 unspecified atom stereocenters. The SMILES string of the molecule is C[N+](C)(CC1CCOC1)C(=O)c1cc(Cc2ccccc2)on1. The third-order valence-corrected chi connectivity index (χ3v) is 4.29. The van der Waals surface area contributed by atoms with Crippen molar-refractivity contribution in [2.45, 2.75) is 12.8 Å². The van der Waals surface area contributed by atoms with Crippen LogP contribution in [0.4, 0.5) is 0 Å². The Morgan fingerprint density at radius 2 is 2.09 bits per heavy atom. The summed E-state index contributed by atoms with van der Waals surface area (Å²) in [7, 11) is 3.85. The summed E-state index contributed by atoms with van der Waals surface area (Å²) in [5.41, 5.74) is 1.54. The van der Waals surface area contributed by atoms with E-state index < -0.39 is 0 Å². The fourth-order valence-corrected chi connectivity index (χ4v) is 3.06. The van der Waals surface area contributed by atoms with Gasteiger partial charge in [-0.3, -0.25) is 4.48 Å². The van der Waals surface area contributed by atoms with Crippen LogP contribution in [0.25, 0.3) is 0 Å². The van der Waals surface area contributed by atoms with Crippen molar-refractivity contribution in [3.63, 3.8) is 0 Å². The molecule has 1 aliphatic heterocycles. The Labute approximate surface area is 136 Å². The highest BCUT2D eigenvalue weighted by molar-refractivity contribution is 5.86. The fourth-order valence-electron chi connectivity index (χ4n) is 3.06. The quantitative estimate of drug-likeness (QED) is 0.796. The molecule has 2 aromatic rings. The second kappa shape index (κ2) is 6.64. The summed E-state index contributed by atoms with van der Waals surface area (Å²) in [4.78, 5) is 12.7. The van der Waals surface area contributed by atoms with Gasteiger partial charge in [0.05, 0.1) is 27.2 Å². The normalized spacial score (nSPS) is 18.3. The van der Waals surface area contributed by atoms with E-state index in [0.717, 1.165) is 31.7 Å². The van der Waals surface area contributed by atoms with E-state index in [9.17, 15) is 4.79 Å². The maximum atomic E-state index is 12.7. The molecular formula is C18H23N2O3+. The maximum Gasteiger partial charge on any atom is 0.367 e. The van der Waals surface area contributed by atoms with Crippen LogP contribution >= 0.6 is 0 Å². The lowest BCUT2D eigenvalue weighted by molar-refractivity contribution is -0.811. The highest BCUT2D eigenvalue weighted by atomic mass is 16.5. The number of ether oxygens (including phenoxy) is 1. The Balaban J connectivity index is 1.67. The highest BCUT2D eigenvalue weighted by Gasteiger charge is 2.34. The molecule has 1 fully saturated rings. The summed E-state index contributed by atoms with van der Waals surface area (Å²) < 4.78 is 11.0. The summed E-state index contributed by atoms with van der Waals surface area (Å²) in [6.07, 6.45) is 1.66. The zero-order valence-electron chi connectivity index (χ0n) is 13.7. The zero-order chi connectivity index (χ0) is 16.3. The molecule has 23 heavy (non-hydrogen) atoms. The molecule has 0 bridgehead atoms. The van der Waals surface area contributed by atoms with Gasteiger partial charge in [-0.1, -0.05) is 35.5 Å². The standard InChI is InChI=1S/C18H23N2O3/c1-20(2,12-15-8-9-22-13-15)18(21)17-11-16(23-19-17)10-14-6-4-3-5-7-14/h3-7,11,15H,8-10,12-13H2,1-2H3/q+1. The highest BCUT2D eigenvalue weighted by Crippen LogP contribution is 2.19. The lowest BCUT2D eigenvalue weighted by atomic mass is 10.1. The van der Waals surface area contributed by atoms with E-state index in [2.05, 4.69) is 5.16 Å². The number of aromatic nitrogens is 1. The first-order valence-corrected chi connectivity index (χ1v) is 8.00. The molecule has 5 nitrogen and oxygen atoms in total. The molecule has 1 saturated heterocycles. The van der Waals surface area contributed by atoms with E-state index in [-0.39, 0.29) is 10.4 Å². The predicted molar refractivity (Wildman–Crippen MR) is 86.0 cm³/mol. The monoisotopic (exact) mass is 315 g/mol. The number of benzene rings is 1. The van der Waals surface area contributed by atoms with Gasteiger partial charge in [0.1, 0.15) is 5.76 Å². The molecule has 1 aromatic carbocycles. The number of hydrogen-bond acceptors (Lipinski definition) is 4. The molecule has 1 aliphatic rings. The molecule has 1 aromatic heterocycles. The first-order valence-electron chi connectivity index (χ1n) is 8.00. The number of carbonyl (C=O) groups excluding carboxylic acids is 1. The van der Waals surface area contributed by atoms with Crippen molar-refractivity contribution < 1.29 is 18.5 Å². The lowest BCUT2D eigenvalue weighted by Crippen LogP contribution is -2.48. The molecule has 2 heterocycles. The third-order valence-electron chi connectivity index (χ3n) is 4.29. The zero-order valence-corrected chi connectivity index (χ0v) is 13.7. The van der Waals surface area contributed by atoms with Gasteiger partial charge in [-0.05, 0) is 12.0 Å². The molecule has 0 aliphatic carbocycles. The van der Waals surface area contributed by atoms with Gasteiger partial charge in [0.15, 0.2) is 0 Å². The van der Waals surface area contributed by atoms with E-state index in [1.54, 1.807) is 6.07 Å². The van der Waals surface area contributed by atoms with Crippen LogP contribution < -0.4 is 0 Å². The fraction of sp³-hybridized carbons (Fsp3) is 0.444. The average Bonchev–Trinajstić information content (AvgIpc) is 3.19. The van der Waals surface area contributed by atoms with E-state index in [4.69, 9.17) is 9.26 Å². The van der Waals surface area contributed by atoms with Gasteiger partial charge in [0.25, 0.3) is 0 Å². The Bertz CT molecular complexity index is 658. The Hall–Kier alpha value is -1.98. The molecule has 1 atom stereocenters. The number of carbonyl (C=O) groups is 1. The third kappa shape index (κ3) is 3.86. The van der Waals surface area contributed by atoms with E-state index >= 15 is 0 Å². The van der Waals surface area contributed by atoms with Gasteiger partial charge in [0.2, 0.25) is 5.69 Å². The predicted octanol–water partition coefficient (Wildman–Crippen LogP) is 2.52.